The molecule has 0 spiro atoms. The molecular formula is C21H19N3O3S. The van der Waals surface area contributed by atoms with Crippen LogP contribution in [-0.4, -0.2) is 30.0 Å². The number of fused-ring (bicyclic) bond motifs is 1. The van der Waals surface area contributed by atoms with Crippen LogP contribution in [0.1, 0.15) is 17.8 Å². The number of nitrogens with zero attached hydrogens (tertiary/aromatic N) is 3. The van der Waals surface area contributed by atoms with Crippen molar-refractivity contribution in [2.24, 2.45) is 0 Å². The van der Waals surface area contributed by atoms with E-state index in [9.17, 15) is 9.59 Å². The van der Waals surface area contributed by atoms with Crippen LogP contribution in [0, 0.1) is 11.3 Å². The molecule has 142 valence electrons. The highest BCUT2D eigenvalue weighted by Gasteiger charge is 2.17. The number of carbonyl (C=O) groups excluding carboxylic acids is 2. The number of rotatable bonds is 8. The summed E-state index contributed by atoms with van der Waals surface area (Å²) in [5.74, 6) is -0.855. The quantitative estimate of drug-likeness (QED) is 0.430. The van der Waals surface area contributed by atoms with Gasteiger partial charge in [0, 0.05) is 12.1 Å². The molecule has 1 amide bonds. The molecule has 1 aromatic heterocycles. The number of nitriles is 1. The Bertz CT molecular complexity index is 962. The maximum atomic E-state index is 12.3. The fraction of sp³-hybridized carbons (Fsp3) is 0.238. The smallest absolute Gasteiger partial charge is 0.306 e. The number of para-hydroxylation sites is 2. The summed E-state index contributed by atoms with van der Waals surface area (Å²) in [5.41, 5.74) is 1.56. The molecule has 0 fully saturated rings. The van der Waals surface area contributed by atoms with E-state index < -0.39 is 11.9 Å². The first-order chi connectivity index (χ1) is 13.7. The summed E-state index contributed by atoms with van der Waals surface area (Å²) < 4.78 is 6.22. The molecule has 0 aliphatic heterocycles. The van der Waals surface area contributed by atoms with Crippen LogP contribution in [0.25, 0.3) is 10.2 Å². The Morgan fingerprint density at radius 2 is 1.86 bits per heavy atom. The molecule has 3 aromatic rings. The summed E-state index contributed by atoms with van der Waals surface area (Å²) in [4.78, 5) is 30.1. The van der Waals surface area contributed by atoms with E-state index in [4.69, 9.17) is 10.00 Å². The Morgan fingerprint density at radius 1 is 1.11 bits per heavy atom. The number of aryl methyl sites for hydroxylation is 1. The van der Waals surface area contributed by atoms with Gasteiger partial charge in [0.05, 0.1) is 21.3 Å². The van der Waals surface area contributed by atoms with Crippen molar-refractivity contribution in [1.82, 2.24) is 4.98 Å². The molecule has 0 radical (unpaired) electrons. The first-order valence-corrected chi connectivity index (χ1v) is 9.71. The number of carbonyl (C=O) groups is 2. The van der Waals surface area contributed by atoms with E-state index >= 15 is 0 Å². The molecule has 0 N–H and O–H groups in total. The first-order valence-electron chi connectivity index (χ1n) is 8.90. The molecule has 0 saturated heterocycles. The van der Waals surface area contributed by atoms with Gasteiger partial charge in [-0.3, -0.25) is 14.5 Å². The molecule has 6 nitrogen and oxygen atoms in total. The van der Waals surface area contributed by atoms with Crippen molar-refractivity contribution in [2.45, 2.75) is 19.3 Å². The Labute approximate surface area is 167 Å². The third-order valence-electron chi connectivity index (χ3n) is 4.06. The second-order valence-corrected chi connectivity index (χ2v) is 7.18. The molecule has 28 heavy (non-hydrogen) atoms. The molecule has 3 rings (SSSR count). The minimum Gasteiger partial charge on any atom is -0.456 e. The zero-order valence-electron chi connectivity index (χ0n) is 15.2. The van der Waals surface area contributed by atoms with Crippen LogP contribution in [0.4, 0.5) is 5.69 Å². The van der Waals surface area contributed by atoms with E-state index in [2.05, 4.69) is 4.98 Å². The summed E-state index contributed by atoms with van der Waals surface area (Å²) in [7, 11) is 0. The van der Waals surface area contributed by atoms with Gasteiger partial charge in [0.25, 0.3) is 5.91 Å². The number of hydrogen-bond donors (Lipinski definition) is 0. The lowest BCUT2D eigenvalue weighted by atomic mass is 10.2. The highest BCUT2D eigenvalue weighted by atomic mass is 32.1. The lowest BCUT2D eigenvalue weighted by Crippen LogP contribution is -2.35. The third kappa shape index (κ3) is 5.15. The number of anilines is 1. The van der Waals surface area contributed by atoms with Crippen molar-refractivity contribution in [3.05, 3.63) is 59.6 Å². The van der Waals surface area contributed by atoms with E-state index in [0.29, 0.717) is 18.5 Å². The van der Waals surface area contributed by atoms with E-state index in [1.165, 1.54) is 4.90 Å². The number of esters is 1. The number of ether oxygens (including phenoxy) is 1. The Balaban J connectivity index is 1.45. The summed E-state index contributed by atoms with van der Waals surface area (Å²) >= 11 is 1.62. The molecular weight excluding hydrogens is 374 g/mol. The largest absolute Gasteiger partial charge is 0.456 e. The van der Waals surface area contributed by atoms with Gasteiger partial charge < -0.3 is 4.74 Å². The standard InChI is InChI=1S/C21H19N3O3S/c22-13-14-24(16-7-2-1-3-8-16)20(25)15-27-21(26)12-6-11-19-23-17-9-4-5-10-18(17)28-19/h1-5,7-10H,6,11-12,14-15H2. The molecule has 0 aliphatic rings. The van der Waals surface area contributed by atoms with Gasteiger partial charge in [-0.2, -0.15) is 5.26 Å². The number of benzene rings is 2. The van der Waals surface area contributed by atoms with Gasteiger partial charge in [0.1, 0.15) is 6.54 Å². The average Bonchev–Trinajstić information content (AvgIpc) is 3.13. The molecule has 0 unspecified atom stereocenters. The molecule has 0 bridgehead atoms. The van der Waals surface area contributed by atoms with E-state index in [-0.39, 0.29) is 19.6 Å². The van der Waals surface area contributed by atoms with Crippen LogP contribution < -0.4 is 4.90 Å². The Morgan fingerprint density at radius 3 is 2.61 bits per heavy atom. The minimum atomic E-state index is -0.431. The second-order valence-electron chi connectivity index (χ2n) is 6.06. The highest BCUT2D eigenvalue weighted by molar-refractivity contribution is 7.18. The SMILES string of the molecule is N#CCN(C(=O)COC(=O)CCCc1nc2ccccc2s1)c1ccccc1. The second kappa shape index (κ2) is 9.62. The Kier molecular flexibility index (Phi) is 6.71. The summed E-state index contributed by atoms with van der Waals surface area (Å²) in [6, 6.07) is 18.7. The number of aromatic nitrogens is 1. The van der Waals surface area contributed by atoms with Gasteiger partial charge in [-0.05, 0) is 37.1 Å². The minimum absolute atomic E-state index is 0.0992. The van der Waals surface area contributed by atoms with Gasteiger partial charge in [0.15, 0.2) is 6.61 Å². The predicted molar refractivity (Wildman–Crippen MR) is 108 cm³/mol. The van der Waals surface area contributed by atoms with Crippen LogP contribution >= 0.6 is 11.3 Å². The number of amides is 1. The van der Waals surface area contributed by atoms with Gasteiger partial charge >= 0.3 is 5.97 Å². The van der Waals surface area contributed by atoms with E-state index in [1.807, 2.05) is 36.4 Å². The highest BCUT2D eigenvalue weighted by Crippen LogP contribution is 2.22. The van der Waals surface area contributed by atoms with Gasteiger partial charge in [0.2, 0.25) is 0 Å². The van der Waals surface area contributed by atoms with Crippen molar-refractivity contribution >= 4 is 39.1 Å². The van der Waals surface area contributed by atoms with Crippen LogP contribution in [0.5, 0.6) is 0 Å². The van der Waals surface area contributed by atoms with Gasteiger partial charge in [-0.25, -0.2) is 4.98 Å². The average molecular weight is 393 g/mol. The number of thiazole rings is 1. The molecule has 7 heteroatoms. The summed E-state index contributed by atoms with van der Waals surface area (Å²) in [6.07, 6.45) is 1.51. The van der Waals surface area contributed by atoms with Crippen molar-refractivity contribution < 1.29 is 14.3 Å². The maximum Gasteiger partial charge on any atom is 0.306 e. The van der Waals surface area contributed by atoms with E-state index in [0.717, 1.165) is 15.2 Å². The zero-order valence-corrected chi connectivity index (χ0v) is 16.0. The van der Waals surface area contributed by atoms with Crippen LogP contribution in [0.3, 0.4) is 0 Å². The maximum absolute atomic E-state index is 12.3. The normalized spacial score (nSPS) is 10.4. The lowest BCUT2D eigenvalue weighted by molar-refractivity contribution is -0.147. The fourth-order valence-electron chi connectivity index (χ4n) is 2.71. The molecule has 0 saturated carbocycles. The monoisotopic (exact) mass is 393 g/mol. The van der Waals surface area contributed by atoms with Crippen molar-refractivity contribution in [2.75, 3.05) is 18.1 Å². The van der Waals surface area contributed by atoms with Crippen LogP contribution in [0.2, 0.25) is 0 Å². The zero-order chi connectivity index (χ0) is 19.8. The van der Waals surface area contributed by atoms with Crippen LogP contribution in [-0.2, 0) is 20.7 Å². The summed E-state index contributed by atoms with van der Waals surface area (Å²) in [6.45, 7) is -0.478. The van der Waals surface area contributed by atoms with Gasteiger partial charge in [-0.1, -0.05) is 30.3 Å². The molecule has 0 atom stereocenters. The molecule has 1 heterocycles. The van der Waals surface area contributed by atoms with Gasteiger partial charge in [-0.15, -0.1) is 11.3 Å². The number of hydrogen-bond acceptors (Lipinski definition) is 6. The first kappa shape index (κ1) is 19.5. The van der Waals surface area contributed by atoms with Crippen molar-refractivity contribution in [1.29, 1.82) is 5.26 Å². The van der Waals surface area contributed by atoms with E-state index in [1.54, 1.807) is 35.6 Å². The Hall–Kier alpha value is -3.24. The topological polar surface area (TPSA) is 83.3 Å². The fourth-order valence-corrected chi connectivity index (χ4v) is 3.71. The summed E-state index contributed by atoms with van der Waals surface area (Å²) in [5, 5.41) is 9.93. The van der Waals surface area contributed by atoms with Crippen molar-refractivity contribution in [3.63, 3.8) is 0 Å². The van der Waals surface area contributed by atoms with Crippen molar-refractivity contribution in [3.8, 4) is 6.07 Å². The predicted octanol–water partition coefficient (Wildman–Crippen LogP) is 3.72. The molecule has 2 aromatic carbocycles. The molecule has 0 aliphatic carbocycles. The lowest BCUT2D eigenvalue weighted by Gasteiger charge is -2.19. The third-order valence-corrected chi connectivity index (χ3v) is 5.16. The van der Waals surface area contributed by atoms with Crippen LogP contribution in [0.15, 0.2) is 54.6 Å².